The van der Waals surface area contributed by atoms with E-state index in [0.717, 1.165) is 4.43 Å². The molecule has 6 heteroatoms. The summed E-state index contributed by atoms with van der Waals surface area (Å²) in [5.41, 5.74) is 8.01. The molecule has 0 aromatic rings. The van der Waals surface area contributed by atoms with Crippen molar-refractivity contribution in [3.05, 3.63) is 0 Å². The molecular formula is C6H13IN2O3. The van der Waals surface area contributed by atoms with Crippen LogP contribution >= 0.6 is 22.6 Å². The molecule has 0 amide bonds. The Hall–Kier alpha value is 0.530. The molecule has 0 aromatic carbocycles. The number of nitrogens with one attached hydrogen (secondary N) is 1. The fourth-order valence-electron chi connectivity index (χ4n) is 1.17. The van der Waals surface area contributed by atoms with Gasteiger partial charge in [0.1, 0.15) is 18.4 Å². The molecule has 0 spiro atoms. The zero-order valence-corrected chi connectivity index (χ0v) is 8.89. The third-order valence-corrected chi connectivity index (χ3v) is 2.65. The number of aliphatic hydroxyl groups excluding tert-OH is 1. The first-order valence-electron chi connectivity index (χ1n) is 3.68. The van der Waals surface area contributed by atoms with Gasteiger partial charge in [0.15, 0.2) is 0 Å². The molecule has 0 aromatic heterocycles. The van der Waals surface area contributed by atoms with Crippen LogP contribution < -0.4 is 11.2 Å². The molecule has 1 heterocycles. The Morgan fingerprint density at radius 2 is 2.42 bits per heavy atom. The van der Waals surface area contributed by atoms with Crippen LogP contribution in [0.2, 0.25) is 0 Å². The van der Waals surface area contributed by atoms with E-state index in [1.54, 1.807) is 7.05 Å². The van der Waals surface area contributed by atoms with Crippen molar-refractivity contribution in [2.24, 2.45) is 5.73 Å². The van der Waals surface area contributed by atoms with Gasteiger partial charge >= 0.3 is 0 Å². The summed E-state index contributed by atoms with van der Waals surface area (Å²) in [6, 6.07) is 0. The third-order valence-electron chi connectivity index (χ3n) is 1.78. The lowest BCUT2D eigenvalue weighted by Gasteiger charge is -2.17. The van der Waals surface area contributed by atoms with Crippen LogP contribution in [0.5, 0.6) is 0 Å². The highest BCUT2D eigenvalue weighted by atomic mass is 127. The molecule has 1 aliphatic heterocycles. The van der Waals surface area contributed by atoms with Crippen LogP contribution in [0.4, 0.5) is 0 Å². The van der Waals surface area contributed by atoms with E-state index < -0.39 is 12.3 Å². The summed E-state index contributed by atoms with van der Waals surface area (Å²) in [5, 5.41) is 9.47. The van der Waals surface area contributed by atoms with Gasteiger partial charge in [0.05, 0.1) is 6.10 Å². The molecular weight excluding hydrogens is 275 g/mol. The number of hydrogen-bond acceptors (Lipinski definition) is 5. The quantitative estimate of drug-likeness (QED) is 0.352. The van der Waals surface area contributed by atoms with Crippen molar-refractivity contribution < 1.29 is 14.7 Å². The van der Waals surface area contributed by atoms with Crippen LogP contribution in [0, 0.1) is 0 Å². The molecule has 2 unspecified atom stereocenters. The summed E-state index contributed by atoms with van der Waals surface area (Å²) in [4.78, 5) is 5.08. The topological polar surface area (TPSA) is 76.7 Å². The summed E-state index contributed by atoms with van der Waals surface area (Å²) in [7, 11) is 1.64. The summed E-state index contributed by atoms with van der Waals surface area (Å²) in [6.07, 6.45) is -1.90. The second kappa shape index (κ2) is 4.68. The maximum absolute atomic E-state index is 9.47. The normalized spacial score (nSPS) is 42.0. The standard InChI is InChI=1S/C6H13IN2O3/c1-9-12-5-3(2-7)11-6(8)4(5)10/h3-6,9-10H,2,8H2,1H3/t3-,4?,5?,6-/m1/s1. The Balaban J connectivity index is 2.53. The minimum Gasteiger partial charge on any atom is -0.386 e. The van der Waals surface area contributed by atoms with Crippen LogP contribution in [0.25, 0.3) is 0 Å². The third kappa shape index (κ3) is 2.06. The van der Waals surface area contributed by atoms with E-state index in [-0.39, 0.29) is 12.2 Å². The summed E-state index contributed by atoms with van der Waals surface area (Å²) in [6.45, 7) is 0. The van der Waals surface area contributed by atoms with Crippen molar-refractivity contribution in [1.29, 1.82) is 0 Å². The molecule has 12 heavy (non-hydrogen) atoms. The van der Waals surface area contributed by atoms with Crippen molar-refractivity contribution in [2.45, 2.75) is 24.5 Å². The van der Waals surface area contributed by atoms with Crippen LogP contribution in [-0.4, -0.2) is 41.1 Å². The Kier molecular flexibility index (Phi) is 4.14. The van der Waals surface area contributed by atoms with Crippen LogP contribution in [0.1, 0.15) is 0 Å². The number of ether oxygens (including phenoxy) is 1. The molecule has 1 aliphatic rings. The Morgan fingerprint density at radius 1 is 1.75 bits per heavy atom. The van der Waals surface area contributed by atoms with Crippen LogP contribution in [-0.2, 0) is 9.57 Å². The first-order valence-corrected chi connectivity index (χ1v) is 5.20. The number of alkyl halides is 1. The van der Waals surface area contributed by atoms with E-state index >= 15 is 0 Å². The monoisotopic (exact) mass is 288 g/mol. The van der Waals surface area contributed by atoms with Crippen LogP contribution in [0.15, 0.2) is 0 Å². The van der Waals surface area contributed by atoms with Gasteiger partial charge in [-0.15, -0.1) is 0 Å². The minimum absolute atomic E-state index is 0.136. The number of rotatable bonds is 3. The van der Waals surface area contributed by atoms with Gasteiger partial charge in [-0.1, -0.05) is 22.6 Å². The van der Waals surface area contributed by atoms with E-state index in [1.807, 2.05) is 0 Å². The highest BCUT2D eigenvalue weighted by Gasteiger charge is 2.42. The van der Waals surface area contributed by atoms with E-state index in [2.05, 4.69) is 28.1 Å². The average Bonchev–Trinajstić information content (AvgIpc) is 2.33. The molecule has 1 saturated heterocycles. The smallest absolute Gasteiger partial charge is 0.136 e. The largest absolute Gasteiger partial charge is 0.386 e. The van der Waals surface area contributed by atoms with E-state index in [0.29, 0.717) is 0 Å². The predicted molar refractivity (Wildman–Crippen MR) is 51.7 cm³/mol. The fourth-order valence-corrected chi connectivity index (χ4v) is 1.88. The number of hydroxylamine groups is 1. The molecule has 72 valence electrons. The zero-order chi connectivity index (χ0) is 9.14. The van der Waals surface area contributed by atoms with Gasteiger partial charge < -0.3 is 15.6 Å². The fraction of sp³-hybridized carbons (Fsp3) is 1.00. The molecule has 0 saturated carbocycles. The first-order chi connectivity index (χ1) is 5.70. The van der Waals surface area contributed by atoms with E-state index in [9.17, 15) is 5.11 Å². The van der Waals surface area contributed by atoms with Gasteiger partial charge in [0.2, 0.25) is 0 Å². The van der Waals surface area contributed by atoms with Crippen LogP contribution in [0.3, 0.4) is 0 Å². The lowest BCUT2D eigenvalue weighted by atomic mass is 10.1. The Morgan fingerprint density at radius 3 is 2.92 bits per heavy atom. The number of halogens is 1. The van der Waals surface area contributed by atoms with Gasteiger partial charge in [0.25, 0.3) is 0 Å². The Bertz CT molecular complexity index is 149. The van der Waals surface area contributed by atoms with Crippen molar-refractivity contribution in [3.63, 3.8) is 0 Å². The molecule has 0 bridgehead atoms. The van der Waals surface area contributed by atoms with Crippen molar-refractivity contribution in [3.8, 4) is 0 Å². The number of nitrogens with two attached hydrogens (primary N) is 1. The first kappa shape index (κ1) is 10.6. The summed E-state index contributed by atoms with van der Waals surface area (Å²) < 4.78 is 5.99. The Labute approximate surface area is 84.7 Å². The summed E-state index contributed by atoms with van der Waals surface area (Å²) >= 11 is 2.16. The highest BCUT2D eigenvalue weighted by Crippen LogP contribution is 2.21. The lowest BCUT2D eigenvalue weighted by molar-refractivity contribution is -0.0748. The SMILES string of the molecule is CNOC1C(O)[C@H](N)O[C@@H]1CI. The molecule has 1 rings (SSSR count). The van der Waals surface area contributed by atoms with Crippen molar-refractivity contribution >= 4 is 22.6 Å². The lowest BCUT2D eigenvalue weighted by Crippen LogP contribution is -2.41. The summed E-state index contributed by atoms with van der Waals surface area (Å²) in [5.74, 6) is 0. The van der Waals surface area contributed by atoms with Crippen molar-refractivity contribution in [2.75, 3.05) is 11.5 Å². The molecule has 1 fully saturated rings. The molecule has 0 radical (unpaired) electrons. The van der Waals surface area contributed by atoms with Gasteiger partial charge in [-0.05, 0) is 0 Å². The van der Waals surface area contributed by atoms with Crippen molar-refractivity contribution in [1.82, 2.24) is 5.48 Å². The molecule has 4 atom stereocenters. The molecule has 0 aliphatic carbocycles. The molecule has 5 nitrogen and oxygen atoms in total. The average molecular weight is 288 g/mol. The second-order valence-corrected chi connectivity index (χ2v) is 3.45. The zero-order valence-electron chi connectivity index (χ0n) is 6.74. The minimum atomic E-state index is -0.753. The number of hydrogen-bond donors (Lipinski definition) is 3. The maximum Gasteiger partial charge on any atom is 0.136 e. The second-order valence-electron chi connectivity index (χ2n) is 2.57. The van der Waals surface area contributed by atoms with E-state index in [4.69, 9.17) is 15.3 Å². The van der Waals surface area contributed by atoms with E-state index in [1.165, 1.54) is 0 Å². The predicted octanol–water partition coefficient (Wildman–Crippen LogP) is -1.01. The molecule has 4 N–H and O–H groups in total. The van der Waals surface area contributed by atoms with Gasteiger partial charge in [-0.25, -0.2) is 5.48 Å². The maximum atomic E-state index is 9.47. The number of aliphatic hydroxyl groups is 1. The van der Waals surface area contributed by atoms with Gasteiger partial charge in [0, 0.05) is 11.5 Å². The van der Waals surface area contributed by atoms with Gasteiger partial charge in [-0.2, -0.15) is 0 Å². The highest BCUT2D eigenvalue weighted by molar-refractivity contribution is 14.1. The van der Waals surface area contributed by atoms with Gasteiger partial charge in [-0.3, -0.25) is 4.84 Å².